The summed E-state index contributed by atoms with van der Waals surface area (Å²) in [5, 5.41) is 0. The highest BCUT2D eigenvalue weighted by Gasteiger charge is 2.42. The first kappa shape index (κ1) is 45.0. The molecular weight excluding hydrogens is 767 g/mol. The summed E-state index contributed by atoms with van der Waals surface area (Å²) in [6.07, 6.45) is 14.1. The lowest BCUT2D eigenvalue weighted by Gasteiger charge is -2.13. The first-order chi connectivity index (χ1) is 22.6. The molecule has 0 fully saturated rings. The van der Waals surface area contributed by atoms with E-state index in [1.165, 1.54) is 15.5 Å². The zero-order chi connectivity index (χ0) is 38.6. The van der Waals surface area contributed by atoms with E-state index in [1.807, 2.05) is 30.3 Å². The molecule has 3 aromatic rings. The molecule has 1 atom stereocenters. The lowest BCUT2D eigenvalue weighted by molar-refractivity contribution is -0.671. The number of hydrogen-bond donors (Lipinski definition) is 2. The first-order valence-electron chi connectivity index (χ1n) is 14.3. The highest BCUT2D eigenvalue weighted by atomic mass is 32.3. The molecule has 0 aromatic carbocycles. The number of aromatic nitrogens is 6. The monoisotopic (exact) mass is 809 g/mol. The van der Waals surface area contributed by atoms with Crippen LogP contribution in [0, 0.1) is 0 Å². The van der Waals surface area contributed by atoms with Crippen molar-refractivity contribution in [1.82, 2.24) is 22.6 Å². The van der Waals surface area contributed by atoms with E-state index in [0.717, 1.165) is 23.5 Å². The third-order valence-electron chi connectivity index (χ3n) is 6.02. The van der Waals surface area contributed by atoms with Crippen molar-refractivity contribution < 1.29 is 69.5 Å². The number of imidazole rings is 3. The van der Waals surface area contributed by atoms with Gasteiger partial charge in [0, 0.05) is 6.26 Å². The lowest BCUT2D eigenvalue weighted by Crippen LogP contribution is -2.41. The molecule has 0 bridgehead atoms. The highest BCUT2D eigenvalue weighted by Crippen LogP contribution is 2.22. The van der Waals surface area contributed by atoms with E-state index in [0.29, 0.717) is 5.75 Å². The molecule has 25 heteroatoms. The number of rotatable bonds is 15. The molecule has 0 aliphatic rings. The van der Waals surface area contributed by atoms with Gasteiger partial charge in [-0.3, -0.25) is 0 Å². The second-order valence-corrected chi connectivity index (χ2v) is 19.4. The van der Waals surface area contributed by atoms with Gasteiger partial charge in [-0.2, -0.15) is 26.3 Å². The number of hydrogen-bond acceptors (Lipinski definition) is 7. The van der Waals surface area contributed by atoms with E-state index in [-0.39, 0.29) is 13.1 Å². The smallest absolute Gasteiger partial charge is 0.243 e. The maximum Gasteiger partial charge on any atom is 0.477 e. The molecule has 0 saturated heterocycles. The summed E-state index contributed by atoms with van der Waals surface area (Å²) in [5.41, 5.74) is -5.22. The Balaban J connectivity index is 0.000000379. The Morgan fingerprint density at radius 3 is 1.38 bits per heavy atom. The van der Waals surface area contributed by atoms with Gasteiger partial charge in [0.1, 0.15) is 87.9 Å². The summed E-state index contributed by atoms with van der Waals surface area (Å²) in [5.74, 6) is 1.65. The molecule has 0 aliphatic heterocycles. The van der Waals surface area contributed by atoms with E-state index in [4.69, 9.17) is 0 Å². The lowest BCUT2D eigenvalue weighted by atomic mass is 10.3. The van der Waals surface area contributed by atoms with E-state index < -0.39 is 69.3 Å². The van der Waals surface area contributed by atoms with Gasteiger partial charge in [-0.25, -0.2) is 61.6 Å². The van der Waals surface area contributed by atoms with Crippen LogP contribution in [0.5, 0.6) is 0 Å². The number of halogens is 6. The fourth-order valence-corrected chi connectivity index (χ4v) is 8.08. The Bertz CT molecular complexity index is 1940. The Morgan fingerprint density at radius 1 is 0.640 bits per heavy atom. The third-order valence-corrected chi connectivity index (χ3v) is 11.9. The van der Waals surface area contributed by atoms with Crippen LogP contribution in [0.25, 0.3) is 0 Å². The molecular formula is C25H43F6N8O7S4+3. The average molecular weight is 810 g/mol. The second kappa shape index (κ2) is 18.5. The van der Waals surface area contributed by atoms with Crippen LogP contribution in [-0.2, 0) is 80.4 Å². The molecule has 3 rings (SSSR count). The quantitative estimate of drug-likeness (QED) is 0.0887. The normalized spacial score (nSPS) is 13.9. The van der Waals surface area contributed by atoms with Gasteiger partial charge < -0.3 is 0 Å². The number of aryl methyl sites for hydroxylation is 6. The van der Waals surface area contributed by atoms with Gasteiger partial charge >= 0.3 is 11.7 Å². The van der Waals surface area contributed by atoms with Gasteiger partial charge in [-0.15, -0.1) is 4.13 Å². The average Bonchev–Trinajstić information content (AvgIpc) is 3.68. The molecule has 2 N–H and O–H groups in total. The first-order valence-corrected chi connectivity index (χ1v) is 21.4. The van der Waals surface area contributed by atoms with E-state index >= 15 is 0 Å². The van der Waals surface area contributed by atoms with Crippen molar-refractivity contribution in [2.75, 3.05) is 30.1 Å². The molecule has 288 valence electrons. The van der Waals surface area contributed by atoms with Gasteiger partial charge in [0.2, 0.25) is 39.0 Å². The summed E-state index contributed by atoms with van der Waals surface area (Å²) in [4.78, 5) is 0. The third kappa shape index (κ3) is 20.0. The molecule has 3 aromatic heterocycles. The van der Waals surface area contributed by atoms with Gasteiger partial charge in [0.25, 0.3) is 0 Å². The van der Waals surface area contributed by atoms with E-state index in [1.54, 1.807) is 65.2 Å². The van der Waals surface area contributed by atoms with Crippen molar-refractivity contribution in [3.05, 3.63) is 56.2 Å². The largest absolute Gasteiger partial charge is 0.477 e. The Morgan fingerprint density at radius 2 is 1.04 bits per heavy atom. The zero-order valence-electron chi connectivity index (χ0n) is 27.7. The molecule has 0 aliphatic carbocycles. The summed E-state index contributed by atoms with van der Waals surface area (Å²) >= 11 is 0. The molecule has 1 unspecified atom stereocenters. The minimum absolute atomic E-state index is 0.0659. The fraction of sp³-hybridized carbons (Fsp3) is 0.600. The van der Waals surface area contributed by atoms with Crippen LogP contribution in [0.1, 0.15) is 12.8 Å². The predicted molar refractivity (Wildman–Crippen MR) is 172 cm³/mol. The molecule has 0 spiro atoms. The van der Waals surface area contributed by atoms with E-state index in [9.17, 15) is 55.8 Å². The van der Waals surface area contributed by atoms with Crippen molar-refractivity contribution in [2.45, 2.75) is 44.2 Å². The van der Waals surface area contributed by atoms with Crippen LogP contribution in [0.4, 0.5) is 26.3 Å². The maximum absolute atomic E-state index is 12.3. The standard InChI is InChI=1S/C9H17N2O2S.C8H13F3N3O3S2.C8H13F3N3O2S/c1-10-6-7-11(9-10)5-3-4-8-14(2,12)13;1-13-3-4-14(7-13)5-6-19(16,17)12-18(2,15)8(9,10)11;1-13-2-3-14(7-13)4-5-17(15,16)12-6-8(9,10)11/h6-7,9H,3-5,8H2,1-2H3;3-4,7H,2,5-6H2,1H3,(H,12,15);2-3,7,12H,4-6H2,1H3/q3*+1. The molecule has 50 heavy (non-hydrogen) atoms. The maximum atomic E-state index is 12.3. The van der Waals surface area contributed by atoms with Crippen LogP contribution >= 0.6 is 0 Å². The number of nitrogens with zero attached hydrogens (tertiary/aromatic N) is 6. The minimum Gasteiger partial charge on any atom is -0.243 e. The Kier molecular flexibility index (Phi) is 16.6. The van der Waals surface area contributed by atoms with Crippen molar-refractivity contribution in [1.29, 1.82) is 0 Å². The van der Waals surface area contributed by atoms with Gasteiger partial charge in [-0.1, -0.05) is 0 Å². The summed E-state index contributed by atoms with van der Waals surface area (Å²) in [6, 6.07) is 0. The van der Waals surface area contributed by atoms with Gasteiger partial charge in [0.15, 0.2) is 0 Å². The van der Waals surface area contributed by atoms with Gasteiger partial charge in [0.05, 0.1) is 33.4 Å². The topological polar surface area (TPSA) is 170 Å². The predicted octanol–water partition coefficient (Wildman–Crippen LogP) is -0.685. The van der Waals surface area contributed by atoms with Crippen LogP contribution in [0.3, 0.4) is 0 Å². The molecule has 15 nitrogen and oxygen atoms in total. The van der Waals surface area contributed by atoms with Crippen molar-refractivity contribution in [3.63, 3.8) is 0 Å². The fourth-order valence-electron chi connectivity index (χ4n) is 3.57. The number of sulfone groups is 1. The van der Waals surface area contributed by atoms with Crippen LogP contribution in [0.2, 0.25) is 0 Å². The van der Waals surface area contributed by atoms with E-state index in [2.05, 4.69) is 10.4 Å². The van der Waals surface area contributed by atoms with Crippen LogP contribution in [-0.4, -0.2) is 90.8 Å². The minimum atomic E-state index is -5.22. The highest BCUT2D eigenvalue weighted by molar-refractivity contribution is 8.10. The Labute approximate surface area is 288 Å². The number of unbranched alkanes of at least 4 members (excludes halogenated alkanes) is 1. The summed E-state index contributed by atoms with van der Waals surface area (Å²) in [7, 11) is -10.5. The number of nitrogens with one attached hydrogen (secondary N) is 2. The molecule has 0 saturated carbocycles. The van der Waals surface area contributed by atoms with Crippen molar-refractivity contribution in [2.24, 2.45) is 21.1 Å². The second-order valence-electron chi connectivity index (χ2n) is 11.1. The molecule has 0 amide bonds. The van der Waals surface area contributed by atoms with Crippen LogP contribution < -0.4 is 22.6 Å². The van der Waals surface area contributed by atoms with Crippen molar-refractivity contribution >= 4 is 45.5 Å². The Hall–Kier alpha value is -3.00. The van der Waals surface area contributed by atoms with Crippen molar-refractivity contribution in [3.8, 4) is 0 Å². The van der Waals surface area contributed by atoms with Crippen LogP contribution in [0.15, 0.2) is 56.2 Å². The number of sulfonamides is 2. The zero-order valence-corrected chi connectivity index (χ0v) is 31.0. The molecule has 0 radical (unpaired) electrons. The SMILES string of the molecule is C=S(=O)(NS(=O)(=O)CCn1cc[n+](C)c1)C(F)(F)F.C[n+]1ccn(CCCCS(C)(=O)=O)c1.C[n+]1ccn(CCS(=O)(=O)NCC(F)(F)F)c1. The number of alkyl halides is 6. The van der Waals surface area contributed by atoms with Gasteiger partial charge in [-0.05, 0) is 18.7 Å². The summed E-state index contributed by atoms with van der Waals surface area (Å²) < 4.78 is 163. The molecule has 3 heterocycles. The summed E-state index contributed by atoms with van der Waals surface area (Å²) in [6.45, 7) is -0.608.